The van der Waals surface area contributed by atoms with Crippen molar-refractivity contribution in [1.82, 2.24) is 19.4 Å². The highest BCUT2D eigenvalue weighted by Crippen LogP contribution is 2.40. The lowest BCUT2D eigenvalue weighted by atomic mass is 9.85. The number of hydrogen-bond donors (Lipinski definition) is 1. The van der Waals surface area contributed by atoms with Gasteiger partial charge in [-0.05, 0) is 43.5 Å². The Hall–Kier alpha value is -3.73. The van der Waals surface area contributed by atoms with E-state index in [0.29, 0.717) is 11.7 Å². The highest BCUT2D eigenvalue weighted by Gasteiger charge is 2.27. The minimum Gasteiger partial charge on any atom is -0.382 e. The summed E-state index contributed by atoms with van der Waals surface area (Å²) in [6, 6.07) is 18.8. The number of nitrogens with zero attached hydrogens (tertiary/aromatic N) is 4. The standard InChI is InChI=1S/C26H23N5/c1-16-14-19-10-11-21(17-6-3-2-4-7-17)29-22(19)15-20(16)23-24-25(27)28-12-13-31(24)26(30-23)18-8-5-9-18/h2-4,6-7,10-15,18H,5,8-9H2,1H3,(H2,27,28). The molecule has 0 amide bonds. The number of fused-ring (bicyclic) bond motifs is 2. The topological polar surface area (TPSA) is 69.1 Å². The summed E-state index contributed by atoms with van der Waals surface area (Å²) >= 11 is 0. The van der Waals surface area contributed by atoms with Crippen LogP contribution in [0.4, 0.5) is 5.82 Å². The fourth-order valence-electron chi connectivity index (χ4n) is 4.54. The molecule has 152 valence electrons. The molecule has 0 unspecified atom stereocenters. The molecule has 0 radical (unpaired) electrons. The highest BCUT2D eigenvalue weighted by molar-refractivity contribution is 5.93. The predicted molar refractivity (Wildman–Crippen MR) is 125 cm³/mol. The van der Waals surface area contributed by atoms with E-state index in [1.165, 1.54) is 19.3 Å². The minimum atomic E-state index is 0.492. The molecule has 5 nitrogen and oxygen atoms in total. The summed E-state index contributed by atoms with van der Waals surface area (Å²) in [5, 5.41) is 1.12. The summed E-state index contributed by atoms with van der Waals surface area (Å²) in [4.78, 5) is 14.4. The second-order valence-corrected chi connectivity index (χ2v) is 8.40. The molecule has 1 aliphatic carbocycles. The number of benzene rings is 2. The van der Waals surface area contributed by atoms with E-state index >= 15 is 0 Å². The van der Waals surface area contributed by atoms with Crippen LogP contribution in [0.3, 0.4) is 0 Å². The number of aryl methyl sites for hydroxylation is 1. The normalized spacial score (nSPS) is 14.2. The van der Waals surface area contributed by atoms with Crippen LogP contribution in [0.1, 0.15) is 36.6 Å². The first-order chi connectivity index (χ1) is 15.2. The summed E-state index contributed by atoms with van der Waals surface area (Å²) in [6.45, 7) is 2.13. The molecule has 0 aliphatic heterocycles. The Labute approximate surface area is 180 Å². The zero-order valence-corrected chi connectivity index (χ0v) is 17.4. The highest BCUT2D eigenvalue weighted by atomic mass is 15.1. The molecule has 1 fully saturated rings. The van der Waals surface area contributed by atoms with Crippen LogP contribution >= 0.6 is 0 Å². The molecule has 5 heteroatoms. The average Bonchev–Trinajstić information content (AvgIpc) is 3.12. The molecule has 1 aliphatic rings. The smallest absolute Gasteiger partial charge is 0.150 e. The Bertz CT molecular complexity index is 1430. The number of anilines is 1. The second kappa shape index (κ2) is 6.91. The van der Waals surface area contributed by atoms with Crippen molar-refractivity contribution in [3.63, 3.8) is 0 Å². The van der Waals surface area contributed by atoms with Crippen molar-refractivity contribution in [3.05, 3.63) is 78.4 Å². The van der Waals surface area contributed by atoms with Gasteiger partial charge in [-0.1, -0.05) is 42.8 Å². The fourth-order valence-corrected chi connectivity index (χ4v) is 4.54. The summed E-state index contributed by atoms with van der Waals surface area (Å²) in [6.07, 6.45) is 7.37. The van der Waals surface area contributed by atoms with E-state index < -0.39 is 0 Å². The van der Waals surface area contributed by atoms with Gasteiger partial charge in [0.15, 0.2) is 0 Å². The van der Waals surface area contributed by atoms with E-state index in [2.05, 4.69) is 52.7 Å². The third kappa shape index (κ3) is 2.88. The largest absolute Gasteiger partial charge is 0.382 e. The maximum atomic E-state index is 6.34. The van der Waals surface area contributed by atoms with Gasteiger partial charge in [-0.25, -0.2) is 15.0 Å². The maximum absolute atomic E-state index is 6.34. The van der Waals surface area contributed by atoms with Gasteiger partial charge >= 0.3 is 0 Å². The third-order valence-electron chi connectivity index (χ3n) is 6.44. The number of rotatable bonds is 3. The van der Waals surface area contributed by atoms with Crippen molar-refractivity contribution < 1.29 is 0 Å². The van der Waals surface area contributed by atoms with Gasteiger partial charge in [0.1, 0.15) is 22.9 Å². The Morgan fingerprint density at radius 1 is 1.00 bits per heavy atom. The van der Waals surface area contributed by atoms with Gasteiger partial charge in [0.2, 0.25) is 0 Å². The van der Waals surface area contributed by atoms with Crippen molar-refractivity contribution in [1.29, 1.82) is 0 Å². The first-order valence-electron chi connectivity index (χ1n) is 10.8. The van der Waals surface area contributed by atoms with Gasteiger partial charge in [-0.3, -0.25) is 4.40 Å². The molecule has 0 atom stereocenters. The summed E-state index contributed by atoms with van der Waals surface area (Å²) in [5.74, 6) is 2.10. The van der Waals surface area contributed by atoms with Crippen LogP contribution in [0.15, 0.2) is 67.0 Å². The van der Waals surface area contributed by atoms with Crippen LogP contribution < -0.4 is 5.73 Å². The van der Waals surface area contributed by atoms with Gasteiger partial charge < -0.3 is 5.73 Å². The van der Waals surface area contributed by atoms with Crippen molar-refractivity contribution in [2.75, 3.05) is 5.73 Å². The molecule has 3 heterocycles. The molecule has 2 N–H and O–H groups in total. The molecule has 6 rings (SSSR count). The third-order valence-corrected chi connectivity index (χ3v) is 6.44. The van der Waals surface area contributed by atoms with Crippen molar-refractivity contribution in [2.45, 2.75) is 32.1 Å². The number of hydrogen-bond acceptors (Lipinski definition) is 4. The van der Waals surface area contributed by atoms with Crippen LogP contribution in [-0.4, -0.2) is 19.4 Å². The molecule has 0 saturated heterocycles. The average molecular weight is 406 g/mol. The quantitative estimate of drug-likeness (QED) is 0.414. The van der Waals surface area contributed by atoms with Gasteiger partial charge in [0.05, 0.1) is 11.2 Å². The van der Waals surface area contributed by atoms with E-state index in [1.807, 2.05) is 24.4 Å². The zero-order chi connectivity index (χ0) is 20.9. The Morgan fingerprint density at radius 2 is 1.84 bits per heavy atom. The van der Waals surface area contributed by atoms with Crippen LogP contribution in [0.2, 0.25) is 0 Å². The Kier molecular flexibility index (Phi) is 4.03. The van der Waals surface area contributed by atoms with E-state index in [4.69, 9.17) is 15.7 Å². The lowest BCUT2D eigenvalue weighted by molar-refractivity contribution is 0.400. The number of aromatic nitrogens is 4. The molecule has 3 aromatic heterocycles. The van der Waals surface area contributed by atoms with E-state index in [-0.39, 0.29) is 0 Å². The van der Waals surface area contributed by atoms with Crippen LogP contribution in [0.25, 0.3) is 38.9 Å². The molecule has 0 spiro atoms. The molecular formula is C26H23N5. The van der Waals surface area contributed by atoms with Gasteiger partial charge in [0, 0.05) is 34.8 Å². The van der Waals surface area contributed by atoms with Crippen LogP contribution in [0, 0.1) is 6.92 Å². The molecular weight excluding hydrogens is 382 g/mol. The number of pyridine rings is 1. The second-order valence-electron chi connectivity index (χ2n) is 8.40. The van der Waals surface area contributed by atoms with E-state index in [9.17, 15) is 0 Å². The van der Waals surface area contributed by atoms with Crippen molar-refractivity contribution >= 4 is 22.2 Å². The number of imidazole rings is 1. The fraction of sp³-hybridized carbons (Fsp3) is 0.192. The van der Waals surface area contributed by atoms with Gasteiger partial charge in [-0.15, -0.1) is 0 Å². The van der Waals surface area contributed by atoms with Gasteiger partial charge in [-0.2, -0.15) is 0 Å². The predicted octanol–water partition coefficient (Wildman–Crippen LogP) is 5.77. The minimum absolute atomic E-state index is 0.492. The van der Waals surface area contributed by atoms with Gasteiger partial charge in [0.25, 0.3) is 0 Å². The number of nitrogen functional groups attached to an aromatic ring is 1. The monoisotopic (exact) mass is 405 g/mol. The molecule has 31 heavy (non-hydrogen) atoms. The lowest BCUT2D eigenvalue weighted by Crippen LogP contribution is -2.12. The molecule has 5 aromatic rings. The van der Waals surface area contributed by atoms with E-state index in [0.717, 1.165) is 50.3 Å². The van der Waals surface area contributed by atoms with Crippen molar-refractivity contribution in [3.8, 4) is 22.5 Å². The maximum Gasteiger partial charge on any atom is 0.150 e. The van der Waals surface area contributed by atoms with Crippen LogP contribution in [0.5, 0.6) is 0 Å². The van der Waals surface area contributed by atoms with Crippen LogP contribution in [-0.2, 0) is 0 Å². The molecule has 1 saturated carbocycles. The number of nitrogens with two attached hydrogens (primary N) is 1. The SMILES string of the molecule is Cc1cc2ccc(-c3ccccc3)nc2cc1-c1nc(C2CCC2)n2ccnc(N)c12. The summed E-state index contributed by atoms with van der Waals surface area (Å²) in [7, 11) is 0. The first-order valence-corrected chi connectivity index (χ1v) is 10.8. The lowest BCUT2D eigenvalue weighted by Gasteiger charge is -2.23. The summed E-state index contributed by atoms with van der Waals surface area (Å²) < 4.78 is 2.14. The Morgan fingerprint density at radius 3 is 2.61 bits per heavy atom. The van der Waals surface area contributed by atoms with Crippen molar-refractivity contribution in [2.24, 2.45) is 0 Å². The van der Waals surface area contributed by atoms with E-state index in [1.54, 1.807) is 6.20 Å². The summed E-state index contributed by atoms with van der Waals surface area (Å²) in [5.41, 5.74) is 13.4. The Balaban J connectivity index is 1.57. The molecule has 2 aromatic carbocycles. The molecule has 0 bridgehead atoms. The first kappa shape index (κ1) is 18.1. The zero-order valence-electron chi connectivity index (χ0n) is 17.4.